The zero-order valence-electron chi connectivity index (χ0n) is 15.9. The van der Waals surface area contributed by atoms with E-state index in [1.54, 1.807) is 24.3 Å². The molecule has 0 bridgehead atoms. The molecule has 27 heavy (non-hydrogen) atoms. The minimum Gasteiger partial charge on any atom is -0.344 e. The van der Waals surface area contributed by atoms with Crippen molar-refractivity contribution < 1.29 is 4.74 Å². The lowest BCUT2D eigenvalue weighted by Gasteiger charge is -2.28. The Kier molecular flexibility index (Phi) is 6.06. The predicted molar refractivity (Wildman–Crippen MR) is 105 cm³/mol. The van der Waals surface area contributed by atoms with E-state index in [0.717, 1.165) is 11.1 Å². The monoisotopic (exact) mass is 352 g/mol. The molecule has 0 amide bonds. The van der Waals surface area contributed by atoms with E-state index in [9.17, 15) is 0 Å². The zero-order chi connectivity index (χ0) is 19.9. The summed E-state index contributed by atoms with van der Waals surface area (Å²) in [5.41, 5.74) is 1.47. The van der Waals surface area contributed by atoms with Gasteiger partial charge in [0.25, 0.3) is 0 Å². The van der Waals surface area contributed by atoms with Crippen LogP contribution in [-0.4, -0.2) is 11.2 Å². The first-order valence-corrected chi connectivity index (χ1v) is 8.50. The van der Waals surface area contributed by atoms with Crippen LogP contribution < -0.4 is 0 Å². The number of hydrogen-bond acceptors (Lipinski definition) is 3. The highest BCUT2D eigenvalue weighted by molar-refractivity contribution is 5.42. The van der Waals surface area contributed by atoms with Gasteiger partial charge in [0.2, 0.25) is 0 Å². The molecule has 2 rings (SSSR count). The highest BCUT2D eigenvalue weighted by Gasteiger charge is 2.26. The van der Waals surface area contributed by atoms with Gasteiger partial charge in [-0.1, -0.05) is 23.7 Å². The van der Waals surface area contributed by atoms with Crippen molar-refractivity contribution >= 4 is 0 Å². The molecular formula is C24H20N2O. The number of nitriles is 2. The molecule has 0 N–H and O–H groups in total. The van der Waals surface area contributed by atoms with Gasteiger partial charge in [-0.25, -0.2) is 0 Å². The number of hydrogen-bond donors (Lipinski definition) is 0. The van der Waals surface area contributed by atoms with E-state index in [4.69, 9.17) is 15.3 Å². The molecule has 0 aliphatic rings. The molecule has 2 aromatic rings. The molecular weight excluding hydrogens is 332 g/mol. The van der Waals surface area contributed by atoms with Gasteiger partial charge in [0, 0.05) is 11.1 Å². The van der Waals surface area contributed by atoms with Crippen molar-refractivity contribution in [3.8, 4) is 35.8 Å². The molecule has 0 spiro atoms. The average molecular weight is 352 g/mol. The molecule has 132 valence electrons. The predicted octanol–water partition coefficient (Wildman–Crippen LogP) is 4.41. The second kappa shape index (κ2) is 8.25. The SMILES string of the molecule is CC(C)(C#Cc1ccc(C#N)cc1)OC(C)(C)C#Cc1ccc(C#N)cc1. The molecule has 3 heteroatoms. The summed E-state index contributed by atoms with van der Waals surface area (Å²) in [7, 11) is 0. The number of benzene rings is 2. The zero-order valence-corrected chi connectivity index (χ0v) is 15.9. The highest BCUT2D eigenvalue weighted by atomic mass is 16.5. The molecule has 0 saturated carbocycles. The second-order valence-electron chi connectivity index (χ2n) is 7.00. The molecule has 3 nitrogen and oxygen atoms in total. The quantitative estimate of drug-likeness (QED) is 0.753. The average Bonchev–Trinajstić information content (AvgIpc) is 2.65. The van der Waals surface area contributed by atoms with E-state index in [0.29, 0.717) is 11.1 Å². The molecule has 0 fully saturated rings. The van der Waals surface area contributed by atoms with E-state index in [1.807, 2.05) is 52.0 Å². The van der Waals surface area contributed by atoms with Crippen molar-refractivity contribution in [1.82, 2.24) is 0 Å². The van der Waals surface area contributed by atoms with Gasteiger partial charge in [-0.05, 0) is 76.2 Å². The maximum atomic E-state index is 8.84. The maximum absolute atomic E-state index is 8.84. The van der Waals surface area contributed by atoms with E-state index in [-0.39, 0.29) is 0 Å². The largest absolute Gasteiger partial charge is 0.344 e. The first-order chi connectivity index (χ1) is 12.7. The van der Waals surface area contributed by atoms with Crippen LogP contribution in [-0.2, 0) is 4.74 Å². The fraction of sp³-hybridized carbons (Fsp3) is 0.250. The maximum Gasteiger partial charge on any atom is 0.125 e. The lowest BCUT2D eigenvalue weighted by atomic mass is 10.0. The number of ether oxygens (including phenoxy) is 1. The molecule has 2 aromatic carbocycles. The number of rotatable bonds is 2. The second-order valence-corrected chi connectivity index (χ2v) is 7.00. The van der Waals surface area contributed by atoms with Gasteiger partial charge in [-0.15, -0.1) is 0 Å². The minimum absolute atomic E-state index is 0.607. The Labute approximate surface area is 161 Å². The molecule has 0 unspecified atom stereocenters. The van der Waals surface area contributed by atoms with E-state index >= 15 is 0 Å². The summed E-state index contributed by atoms with van der Waals surface area (Å²) >= 11 is 0. The van der Waals surface area contributed by atoms with Crippen molar-refractivity contribution in [2.24, 2.45) is 0 Å². The Hall–Kier alpha value is -3.50. The van der Waals surface area contributed by atoms with Gasteiger partial charge in [0.1, 0.15) is 11.2 Å². The van der Waals surface area contributed by atoms with Crippen LogP contribution in [0.2, 0.25) is 0 Å². The van der Waals surface area contributed by atoms with E-state index in [1.165, 1.54) is 0 Å². The summed E-state index contributed by atoms with van der Waals surface area (Å²) in [4.78, 5) is 0. The van der Waals surface area contributed by atoms with Crippen molar-refractivity contribution in [3.63, 3.8) is 0 Å². The summed E-state index contributed by atoms with van der Waals surface area (Å²) in [6.07, 6.45) is 0. The lowest BCUT2D eigenvalue weighted by molar-refractivity contribution is -0.0569. The Morgan fingerprint density at radius 3 is 1.19 bits per heavy atom. The molecule has 0 heterocycles. The van der Waals surface area contributed by atoms with E-state index < -0.39 is 11.2 Å². The van der Waals surface area contributed by atoms with Crippen LogP contribution in [0.4, 0.5) is 0 Å². The van der Waals surface area contributed by atoms with Gasteiger partial charge in [0.15, 0.2) is 0 Å². The Morgan fingerprint density at radius 1 is 0.593 bits per heavy atom. The molecule has 0 saturated heterocycles. The van der Waals surface area contributed by atoms with Crippen LogP contribution in [0.25, 0.3) is 0 Å². The fourth-order valence-electron chi connectivity index (χ4n) is 2.39. The van der Waals surface area contributed by atoms with Crippen LogP contribution in [0.1, 0.15) is 49.9 Å². The number of nitrogens with zero attached hydrogens (tertiary/aromatic N) is 2. The standard InChI is InChI=1S/C24H20N2O/c1-23(2,15-13-19-5-9-21(17-25)10-6-19)27-24(3,4)16-14-20-7-11-22(18-26)12-8-20/h5-12H,1-4H3. The van der Waals surface area contributed by atoms with Gasteiger partial charge >= 0.3 is 0 Å². The normalized spacial score (nSPS) is 10.4. The van der Waals surface area contributed by atoms with Crippen molar-refractivity contribution in [3.05, 3.63) is 70.8 Å². The van der Waals surface area contributed by atoms with E-state index in [2.05, 4.69) is 35.8 Å². The third-order valence-corrected chi connectivity index (χ3v) is 3.55. The third kappa shape index (κ3) is 6.38. The summed E-state index contributed by atoms with van der Waals surface area (Å²) in [6, 6.07) is 18.4. The summed E-state index contributed by atoms with van der Waals surface area (Å²) in [5, 5.41) is 17.7. The smallest absolute Gasteiger partial charge is 0.125 e. The third-order valence-electron chi connectivity index (χ3n) is 3.55. The molecule has 0 aliphatic carbocycles. The van der Waals surface area contributed by atoms with Gasteiger partial charge in [-0.2, -0.15) is 10.5 Å². The summed E-state index contributed by atoms with van der Waals surface area (Å²) in [5.74, 6) is 12.4. The van der Waals surface area contributed by atoms with Crippen molar-refractivity contribution in [2.45, 2.75) is 38.9 Å². The lowest BCUT2D eigenvalue weighted by Crippen LogP contribution is -2.35. The van der Waals surface area contributed by atoms with Crippen LogP contribution >= 0.6 is 0 Å². The van der Waals surface area contributed by atoms with Crippen LogP contribution in [0.15, 0.2) is 48.5 Å². The molecule has 0 aliphatic heterocycles. The van der Waals surface area contributed by atoms with Gasteiger partial charge in [-0.3, -0.25) is 0 Å². The topological polar surface area (TPSA) is 56.8 Å². The van der Waals surface area contributed by atoms with Crippen LogP contribution in [0, 0.1) is 46.3 Å². The Bertz CT molecular complexity index is 922. The minimum atomic E-state index is -0.698. The van der Waals surface area contributed by atoms with Crippen LogP contribution in [0.3, 0.4) is 0 Å². The Morgan fingerprint density at radius 2 is 0.889 bits per heavy atom. The summed E-state index contributed by atoms with van der Waals surface area (Å²) < 4.78 is 6.11. The first kappa shape index (κ1) is 19.8. The molecule has 0 aromatic heterocycles. The molecule has 0 radical (unpaired) electrons. The fourth-order valence-corrected chi connectivity index (χ4v) is 2.39. The summed E-state index contributed by atoms with van der Waals surface area (Å²) in [6.45, 7) is 7.59. The first-order valence-electron chi connectivity index (χ1n) is 8.50. The van der Waals surface area contributed by atoms with Crippen molar-refractivity contribution in [2.75, 3.05) is 0 Å². The van der Waals surface area contributed by atoms with Gasteiger partial charge < -0.3 is 4.74 Å². The Balaban J connectivity index is 2.11. The molecule has 0 atom stereocenters. The highest BCUT2D eigenvalue weighted by Crippen LogP contribution is 2.19. The van der Waals surface area contributed by atoms with Gasteiger partial charge in [0.05, 0.1) is 23.3 Å². The van der Waals surface area contributed by atoms with Crippen molar-refractivity contribution in [1.29, 1.82) is 10.5 Å². The van der Waals surface area contributed by atoms with Crippen LogP contribution in [0.5, 0.6) is 0 Å².